The Kier molecular flexibility index (Phi) is 5.12. The summed E-state index contributed by atoms with van der Waals surface area (Å²) in [5.41, 5.74) is 7.31. The predicted octanol–water partition coefficient (Wildman–Crippen LogP) is 3.52. The highest BCUT2D eigenvalue weighted by atomic mass is 19.4. The lowest BCUT2D eigenvalue weighted by atomic mass is 9.90. The molecule has 9 nitrogen and oxygen atoms in total. The molecule has 0 bridgehead atoms. The van der Waals surface area contributed by atoms with Crippen LogP contribution in [0.5, 0.6) is 5.88 Å². The number of aromatic nitrogens is 6. The zero-order valence-corrected chi connectivity index (χ0v) is 18.9. The van der Waals surface area contributed by atoms with Crippen LogP contribution in [-0.4, -0.2) is 73.8 Å². The number of likely N-dealkylation sites (tertiary alicyclic amines) is 1. The van der Waals surface area contributed by atoms with E-state index in [0.717, 1.165) is 11.6 Å². The largest absolute Gasteiger partial charge is 0.479 e. The first-order valence-electron chi connectivity index (χ1n) is 10.6. The summed E-state index contributed by atoms with van der Waals surface area (Å²) in [6.45, 7) is 0.594. The number of nitrogens with two attached hydrogens (primary N) is 1. The van der Waals surface area contributed by atoms with E-state index >= 15 is 8.78 Å². The molecule has 0 unspecified atom stereocenters. The number of nitrogens with zero attached hydrogens (tertiary/aromatic N) is 7. The van der Waals surface area contributed by atoms with Crippen molar-refractivity contribution in [1.82, 2.24) is 34.5 Å². The smallest absolute Gasteiger partial charge is 0.410 e. The van der Waals surface area contributed by atoms with Crippen LogP contribution in [0.2, 0.25) is 0 Å². The molecule has 0 saturated carbocycles. The standard InChI is InChI=1S/C21H21F5N8O/c1-10(21(24,25)26)34-15-6-11(4-5-14(15)29-31-34)16-12(13-8-32(2)9-20(13,22)23)7-33-17(16)18(35-3)28-19(27)30-33/h4-7,10,13H,8-9H2,1-3H3,(H2,27,30)/t10-,13+/m1/s1. The van der Waals surface area contributed by atoms with Gasteiger partial charge in [-0.1, -0.05) is 11.3 Å². The molecule has 3 aromatic heterocycles. The summed E-state index contributed by atoms with van der Waals surface area (Å²) in [6.07, 6.45) is -3.11. The van der Waals surface area contributed by atoms with Crippen molar-refractivity contribution in [3.05, 3.63) is 30.0 Å². The maximum absolute atomic E-state index is 15.0. The van der Waals surface area contributed by atoms with Gasteiger partial charge in [0.15, 0.2) is 0 Å². The number of likely N-dealkylation sites (N-methyl/N-ethyl adjacent to an activating group) is 1. The maximum atomic E-state index is 15.0. The van der Waals surface area contributed by atoms with E-state index in [1.54, 1.807) is 13.1 Å². The number of halogens is 5. The number of hydrogen-bond acceptors (Lipinski definition) is 7. The maximum Gasteiger partial charge on any atom is 0.410 e. The number of benzene rings is 1. The lowest BCUT2D eigenvalue weighted by Crippen LogP contribution is -2.25. The number of fused-ring (bicyclic) bond motifs is 2. The Balaban J connectivity index is 1.80. The van der Waals surface area contributed by atoms with Crippen LogP contribution in [0.25, 0.3) is 27.7 Å². The van der Waals surface area contributed by atoms with Crippen LogP contribution < -0.4 is 10.5 Å². The van der Waals surface area contributed by atoms with E-state index in [9.17, 15) is 13.2 Å². The highest BCUT2D eigenvalue weighted by Crippen LogP contribution is 2.47. The van der Waals surface area contributed by atoms with E-state index in [4.69, 9.17) is 10.5 Å². The second-order valence-corrected chi connectivity index (χ2v) is 8.70. The van der Waals surface area contributed by atoms with Crippen molar-refractivity contribution in [2.24, 2.45) is 0 Å². The van der Waals surface area contributed by atoms with Crippen LogP contribution in [0.3, 0.4) is 0 Å². The first kappa shape index (κ1) is 23.2. The minimum Gasteiger partial charge on any atom is -0.479 e. The van der Waals surface area contributed by atoms with Gasteiger partial charge in [-0.15, -0.1) is 10.2 Å². The van der Waals surface area contributed by atoms with Crippen molar-refractivity contribution >= 4 is 22.5 Å². The van der Waals surface area contributed by atoms with Crippen molar-refractivity contribution in [2.75, 3.05) is 33.0 Å². The van der Waals surface area contributed by atoms with Gasteiger partial charge in [-0.05, 0) is 37.2 Å². The Hall–Kier alpha value is -3.55. The van der Waals surface area contributed by atoms with Crippen LogP contribution in [0.4, 0.5) is 27.9 Å². The molecule has 186 valence electrons. The van der Waals surface area contributed by atoms with Crippen molar-refractivity contribution < 1.29 is 26.7 Å². The Bertz CT molecular complexity index is 1430. The fraction of sp³-hybridized carbons (Fsp3) is 0.429. The fourth-order valence-electron chi connectivity index (χ4n) is 4.62. The topological polar surface area (TPSA) is 99.4 Å². The molecule has 0 aliphatic carbocycles. The highest BCUT2D eigenvalue weighted by molar-refractivity contribution is 5.92. The zero-order valence-electron chi connectivity index (χ0n) is 18.9. The van der Waals surface area contributed by atoms with Crippen LogP contribution in [0.1, 0.15) is 24.4 Å². The molecule has 35 heavy (non-hydrogen) atoms. The van der Waals surface area contributed by atoms with Crippen LogP contribution in [-0.2, 0) is 0 Å². The van der Waals surface area contributed by atoms with E-state index in [1.165, 1.54) is 34.9 Å². The molecule has 1 aliphatic rings. The van der Waals surface area contributed by atoms with Crippen LogP contribution in [0.15, 0.2) is 24.4 Å². The fourth-order valence-corrected chi connectivity index (χ4v) is 4.62. The molecule has 1 aromatic carbocycles. The van der Waals surface area contributed by atoms with Crippen molar-refractivity contribution in [1.29, 1.82) is 0 Å². The number of methoxy groups -OCH3 is 1. The van der Waals surface area contributed by atoms with Gasteiger partial charge in [-0.3, -0.25) is 4.90 Å². The summed E-state index contributed by atoms with van der Waals surface area (Å²) in [7, 11) is 2.94. The number of alkyl halides is 5. The van der Waals surface area contributed by atoms with Gasteiger partial charge in [0.2, 0.25) is 11.8 Å². The van der Waals surface area contributed by atoms with E-state index in [1.807, 2.05) is 0 Å². The lowest BCUT2D eigenvalue weighted by Gasteiger charge is -2.19. The number of anilines is 1. The molecule has 4 aromatic rings. The zero-order chi connectivity index (χ0) is 25.3. The quantitative estimate of drug-likeness (QED) is 0.432. The molecule has 1 saturated heterocycles. The molecule has 1 fully saturated rings. The average Bonchev–Trinajstić information content (AvgIpc) is 3.43. The van der Waals surface area contributed by atoms with Crippen LogP contribution >= 0.6 is 0 Å². The first-order chi connectivity index (χ1) is 16.4. The number of nitrogen functional groups attached to an aromatic ring is 1. The SMILES string of the molecule is COc1nc(N)nn2cc([C@@H]3CN(C)CC3(F)F)c(-c3ccc4nnn([C@H](C)C(F)(F)F)c4c3)c12. The summed E-state index contributed by atoms with van der Waals surface area (Å²) in [4.78, 5) is 5.59. The molecular weight excluding hydrogens is 475 g/mol. The normalized spacial score (nSPS) is 19.6. The molecule has 14 heteroatoms. The molecule has 0 amide bonds. The summed E-state index contributed by atoms with van der Waals surface area (Å²) in [5, 5.41) is 11.6. The van der Waals surface area contributed by atoms with E-state index < -0.39 is 30.6 Å². The summed E-state index contributed by atoms with van der Waals surface area (Å²) in [6, 6.07) is 2.58. The first-order valence-corrected chi connectivity index (χ1v) is 10.6. The minimum absolute atomic E-state index is 0.0452. The monoisotopic (exact) mass is 496 g/mol. The summed E-state index contributed by atoms with van der Waals surface area (Å²) < 4.78 is 77.8. The molecular formula is C21H21F5N8O. The van der Waals surface area contributed by atoms with Gasteiger partial charge < -0.3 is 10.5 Å². The van der Waals surface area contributed by atoms with Crippen LogP contribution in [0, 0.1) is 0 Å². The summed E-state index contributed by atoms with van der Waals surface area (Å²) >= 11 is 0. The van der Waals surface area contributed by atoms with Gasteiger partial charge in [0.1, 0.15) is 17.1 Å². The third kappa shape index (κ3) is 3.72. The molecule has 2 atom stereocenters. The van der Waals surface area contributed by atoms with Crippen molar-refractivity contribution in [3.63, 3.8) is 0 Å². The Labute approximate surface area is 195 Å². The number of ether oxygens (including phenoxy) is 1. The molecule has 4 heterocycles. The predicted molar refractivity (Wildman–Crippen MR) is 116 cm³/mol. The molecule has 2 N–H and O–H groups in total. The van der Waals surface area contributed by atoms with Crippen molar-refractivity contribution in [3.8, 4) is 17.0 Å². The second kappa shape index (κ2) is 7.73. The minimum atomic E-state index is -4.56. The third-order valence-electron chi connectivity index (χ3n) is 6.30. The van der Waals surface area contributed by atoms with Gasteiger partial charge in [0.25, 0.3) is 5.92 Å². The highest BCUT2D eigenvalue weighted by Gasteiger charge is 2.49. The Morgan fingerprint density at radius 3 is 2.63 bits per heavy atom. The van der Waals surface area contributed by atoms with Gasteiger partial charge in [0, 0.05) is 18.3 Å². The van der Waals surface area contributed by atoms with E-state index in [2.05, 4.69) is 20.4 Å². The Morgan fingerprint density at radius 1 is 1.26 bits per heavy atom. The average molecular weight is 496 g/mol. The van der Waals surface area contributed by atoms with Gasteiger partial charge in [0.05, 0.1) is 25.1 Å². The summed E-state index contributed by atoms with van der Waals surface area (Å²) in [5.74, 6) is -4.35. The van der Waals surface area contributed by atoms with Gasteiger partial charge >= 0.3 is 6.18 Å². The Morgan fingerprint density at radius 2 is 2.00 bits per heavy atom. The number of hydrogen-bond donors (Lipinski definition) is 1. The lowest BCUT2D eigenvalue weighted by molar-refractivity contribution is -0.164. The molecule has 0 spiro atoms. The van der Waals surface area contributed by atoms with E-state index in [0.29, 0.717) is 11.1 Å². The van der Waals surface area contributed by atoms with Gasteiger partial charge in [-0.25, -0.2) is 18.0 Å². The molecule has 5 rings (SSSR count). The molecule has 0 radical (unpaired) electrons. The number of rotatable bonds is 4. The third-order valence-corrected chi connectivity index (χ3v) is 6.30. The second-order valence-electron chi connectivity index (χ2n) is 8.70. The van der Waals surface area contributed by atoms with Gasteiger partial charge in [-0.2, -0.15) is 18.2 Å². The van der Waals surface area contributed by atoms with Crippen molar-refractivity contribution in [2.45, 2.75) is 31.0 Å². The van der Waals surface area contributed by atoms with E-state index in [-0.39, 0.29) is 40.5 Å². The molecule has 1 aliphatic heterocycles.